The van der Waals surface area contributed by atoms with Gasteiger partial charge in [0.15, 0.2) is 11.6 Å². The van der Waals surface area contributed by atoms with Gasteiger partial charge in [-0.15, -0.1) is 0 Å². The van der Waals surface area contributed by atoms with Crippen LogP contribution in [0.25, 0.3) is 5.57 Å². The Bertz CT molecular complexity index is 652. The van der Waals surface area contributed by atoms with Crippen LogP contribution in [0.15, 0.2) is 30.2 Å². The molecule has 0 bridgehead atoms. The molecule has 3 nitrogen and oxygen atoms in total. The van der Waals surface area contributed by atoms with Gasteiger partial charge < -0.3 is 9.64 Å². The summed E-state index contributed by atoms with van der Waals surface area (Å²) in [6.45, 7) is 6.04. The number of nitrogens with zero attached hydrogens (tertiary/aromatic N) is 2. The lowest BCUT2D eigenvalue weighted by Gasteiger charge is -2.39. The topological polar surface area (TPSA) is 25.4 Å². The van der Waals surface area contributed by atoms with Crippen LogP contribution in [0.3, 0.4) is 0 Å². The van der Waals surface area contributed by atoms with Crippen molar-refractivity contribution in [2.24, 2.45) is 5.92 Å². The number of rotatable bonds is 9. The molecule has 1 aromatic heterocycles. The van der Waals surface area contributed by atoms with Gasteiger partial charge in [-0.05, 0) is 12.5 Å². The maximum atomic E-state index is 14.6. The van der Waals surface area contributed by atoms with Crippen molar-refractivity contribution in [2.45, 2.75) is 39.7 Å². The largest absolute Gasteiger partial charge is 0.372 e. The normalized spacial score (nSPS) is 16.3. The number of hydrogen-bond acceptors (Lipinski definition) is 3. The molecular weight excluding hydrogens is 341 g/mol. The van der Waals surface area contributed by atoms with Crippen molar-refractivity contribution in [1.29, 1.82) is 0 Å². The molecule has 1 aliphatic heterocycles. The van der Waals surface area contributed by atoms with Crippen molar-refractivity contribution in [3.05, 3.63) is 41.6 Å². The van der Waals surface area contributed by atoms with E-state index < -0.39 is 12.5 Å². The first-order chi connectivity index (χ1) is 12.5. The molecule has 6 heteroatoms. The van der Waals surface area contributed by atoms with Crippen LogP contribution in [0, 0.1) is 11.7 Å². The summed E-state index contributed by atoms with van der Waals surface area (Å²) in [6, 6.07) is 1.33. The smallest absolute Gasteiger partial charge is 0.166 e. The summed E-state index contributed by atoms with van der Waals surface area (Å²) >= 11 is 0. The predicted molar refractivity (Wildman–Crippen MR) is 99.0 cm³/mol. The van der Waals surface area contributed by atoms with E-state index in [4.69, 9.17) is 4.74 Å². The van der Waals surface area contributed by atoms with Gasteiger partial charge in [0.1, 0.15) is 12.5 Å². The van der Waals surface area contributed by atoms with Crippen molar-refractivity contribution in [3.63, 3.8) is 0 Å². The van der Waals surface area contributed by atoms with Gasteiger partial charge in [0.2, 0.25) is 0 Å². The Balaban J connectivity index is 2.17. The molecule has 2 rings (SSSR count). The molecule has 0 atom stereocenters. The monoisotopic (exact) mass is 368 g/mol. The molecule has 0 amide bonds. The first-order valence-electron chi connectivity index (χ1n) is 9.12. The van der Waals surface area contributed by atoms with Crippen LogP contribution in [0.1, 0.15) is 39.2 Å². The summed E-state index contributed by atoms with van der Waals surface area (Å²) in [5.41, 5.74) is 0.801. The Kier molecular flexibility index (Phi) is 7.69. The number of alkyl halides is 1. The van der Waals surface area contributed by atoms with Crippen LogP contribution in [0.4, 0.5) is 19.0 Å². The molecule has 1 aliphatic rings. The molecular formula is C20H27F3N2O. The van der Waals surface area contributed by atoms with Gasteiger partial charge in [0.05, 0.1) is 12.7 Å². The lowest BCUT2D eigenvalue weighted by molar-refractivity contribution is 0.0262. The van der Waals surface area contributed by atoms with Crippen LogP contribution >= 0.6 is 0 Å². The van der Waals surface area contributed by atoms with Crippen molar-refractivity contribution in [1.82, 2.24) is 4.98 Å². The summed E-state index contributed by atoms with van der Waals surface area (Å²) in [4.78, 5) is 5.93. The van der Waals surface area contributed by atoms with Crippen molar-refractivity contribution in [2.75, 3.05) is 31.3 Å². The molecule has 0 spiro atoms. The van der Waals surface area contributed by atoms with Crippen molar-refractivity contribution < 1.29 is 17.9 Å². The third-order valence-corrected chi connectivity index (χ3v) is 4.22. The maximum absolute atomic E-state index is 14.6. The van der Waals surface area contributed by atoms with Gasteiger partial charge in [0.25, 0.3) is 0 Å². The number of anilines is 1. The lowest BCUT2D eigenvalue weighted by Crippen LogP contribution is -2.53. The average Bonchev–Trinajstić information content (AvgIpc) is 2.58. The van der Waals surface area contributed by atoms with E-state index in [0.29, 0.717) is 24.2 Å². The van der Waals surface area contributed by atoms with E-state index in [2.05, 4.69) is 4.98 Å². The van der Waals surface area contributed by atoms with E-state index in [-0.39, 0.29) is 30.3 Å². The number of allylic oxidation sites excluding steroid dienone is 4. The van der Waals surface area contributed by atoms with Crippen molar-refractivity contribution in [3.8, 4) is 0 Å². The summed E-state index contributed by atoms with van der Waals surface area (Å²) in [5, 5.41) is 0. The highest BCUT2D eigenvalue weighted by molar-refractivity contribution is 5.76. The molecule has 1 fully saturated rings. The fraction of sp³-hybridized carbons (Fsp3) is 0.550. The van der Waals surface area contributed by atoms with E-state index in [1.54, 1.807) is 24.8 Å². The molecule has 26 heavy (non-hydrogen) atoms. The fourth-order valence-electron chi connectivity index (χ4n) is 2.73. The highest BCUT2D eigenvalue weighted by Gasteiger charge is 2.30. The Morgan fingerprint density at radius 1 is 1.42 bits per heavy atom. The van der Waals surface area contributed by atoms with Gasteiger partial charge in [-0.3, -0.25) is 0 Å². The van der Waals surface area contributed by atoms with Gasteiger partial charge in [-0.25, -0.2) is 18.2 Å². The minimum Gasteiger partial charge on any atom is -0.372 e. The Hall–Kier alpha value is -1.82. The quantitative estimate of drug-likeness (QED) is 0.568. The Morgan fingerprint density at radius 2 is 2.15 bits per heavy atom. The molecule has 1 aromatic rings. The summed E-state index contributed by atoms with van der Waals surface area (Å²) in [6.07, 6.45) is 6.79. The minimum atomic E-state index is -0.528. The molecule has 1 saturated heterocycles. The zero-order chi connectivity index (χ0) is 19.1. The molecule has 0 N–H and O–H groups in total. The third-order valence-electron chi connectivity index (χ3n) is 4.22. The van der Waals surface area contributed by atoms with Gasteiger partial charge in [0, 0.05) is 36.3 Å². The van der Waals surface area contributed by atoms with Gasteiger partial charge in [-0.2, -0.15) is 0 Å². The highest BCUT2D eigenvalue weighted by Crippen LogP contribution is 2.30. The number of pyridine rings is 1. The SMILES string of the molecule is CCC/C=C\C(=C(\F)C(C)C)c1cnc(N2CC(OCCF)C2)c(F)c1. The molecule has 144 valence electrons. The molecule has 0 radical (unpaired) electrons. The molecule has 0 unspecified atom stereocenters. The van der Waals surface area contributed by atoms with E-state index in [9.17, 15) is 13.2 Å². The van der Waals surface area contributed by atoms with Crippen molar-refractivity contribution >= 4 is 11.4 Å². The summed E-state index contributed by atoms with van der Waals surface area (Å²) < 4.78 is 46.5. The zero-order valence-corrected chi connectivity index (χ0v) is 15.6. The standard InChI is InChI=1S/C20H27F3N2O/c1-4-5-6-7-17(19(23)14(2)3)15-10-18(22)20(24-11-15)25-12-16(13-25)26-9-8-21/h6-7,10-11,14,16H,4-5,8-9,12-13H2,1-3H3/b7-6-,19-17-. The number of unbranched alkanes of at least 4 members (excludes halogenated alkanes) is 1. The predicted octanol–water partition coefficient (Wildman–Crippen LogP) is 5.09. The first kappa shape index (κ1) is 20.5. The summed E-state index contributed by atoms with van der Waals surface area (Å²) in [7, 11) is 0. The molecule has 0 saturated carbocycles. The number of aromatic nitrogens is 1. The van der Waals surface area contributed by atoms with E-state index in [1.807, 2.05) is 13.0 Å². The molecule has 0 aliphatic carbocycles. The fourth-order valence-corrected chi connectivity index (χ4v) is 2.73. The van der Waals surface area contributed by atoms with Gasteiger partial charge >= 0.3 is 0 Å². The second-order valence-electron chi connectivity index (χ2n) is 6.72. The first-order valence-corrected chi connectivity index (χ1v) is 9.12. The van der Waals surface area contributed by atoms with Crippen LogP contribution < -0.4 is 4.90 Å². The third kappa shape index (κ3) is 5.10. The number of halogens is 3. The van der Waals surface area contributed by atoms with Crippen LogP contribution in [-0.4, -0.2) is 37.5 Å². The Morgan fingerprint density at radius 3 is 2.73 bits per heavy atom. The van der Waals surface area contributed by atoms with Crippen LogP contribution in [-0.2, 0) is 4.74 Å². The lowest BCUT2D eigenvalue weighted by atomic mass is 10.0. The average molecular weight is 368 g/mol. The van der Waals surface area contributed by atoms with E-state index in [0.717, 1.165) is 12.8 Å². The number of ether oxygens (including phenoxy) is 1. The molecule has 2 heterocycles. The van der Waals surface area contributed by atoms with E-state index in [1.165, 1.54) is 12.3 Å². The maximum Gasteiger partial charge on any atom is 0.166 e. The van der Waals surface area contributed by atoms with Gasteiger partial charge in [-0.1, -0.05) is 39.3 Å². The Labute approximate surface area is 153 Å². The minimum absolute atomic E-state index is 0.0556. The van der Waals surface area contributed by atoms with E-state index >= 15 is 0 Å². The molecule has 0 aromatic carbocycles. The van der Waals surface area contributed by atoms with Crippen LogP contribution in [0.2, 0.25) is 0 Å². The second-order valence-corrected chi connectivity index (χ2v) is 6.72. The highest BCUT2D eigenvalue weighted by atomic mass is 19.1. The summed E-state index contributed by atoms with van der Waals surface area (Å²) in [5.74, 6) is -0.849. The zero-order valence-electron chi connectivity index (χ0n) is 15.6. The van der Waals surface area contributed by atoms with Crippen LogP contribution in [0.5, 0.6) is 0 Å². The second kappa shape index (κ2) is 9.76. The number of hydrogen-bond donors (Lipinski definition) is 0.